The zero-order valence-corrected chi connectivity index (χ0v) is 8.69. The van der Waals surface area contributed by atoms with Crippen molar-refractivity contribution in [1.29, 1.82) is 0 Å². The van der Waals surface area contributed by atoms with Gasteiger partial charge in [-0.05, 0) is 13.8 Å². The second kappa shape index (κ2) is 2.32. The molecule has 2 bridgehead atoms. The van der Waals surface area contributed by atoms with Crippen molar-refractivity contribution in [1.82, 2.24) is 0 Å². The van der Waals surface area contributed by atoms with Gasteiger partial charge in [-0.2, -0.15) is 0 Å². The molecule has 80 valence electrons. The molecule has 0 aromatic rings. The van der Waals surface area contributed by atoms with Gasteiger partial charge in [-0.1, -0.05) is 0 Å². The van der Waals surface area contributed by atoms with Gasteiger partial charge in [0.2, 0.25) is 0 Å². The first kappa shape index (κ1) is 9.09. The van der Waals surface area contributed by atoms with Gasteiger partial charge >= 0.3 is 0 Å². The second-order valence-electron chi connectivity index (χ2n) is 5.00. The zero-order chi connectivity index (χ0) is 10.1. The van der Waals surface area contributed by atoms with Crippen LogP contribution in [0.25, 0.3) is 0 Å². The van der Waals surface area contributed by atoms with Crippen LogP contribution in [0.15, 0.2) is 0 Å². The Bertz CT molecular complexity index is 281. The van der Waals surface area contributed by atoms with Gasteiger partial charge in [0.1, 0.15) is 23.9 Å². The molecule has 3 aliphatic heterocycles. The van der Waals surface area contributed by atoms with E-state index < -0.39 is 11.7 Å². The van der Waals surface area contributed by atoms with Crippen molar-refractivity contribution in [2.75, 3.05) is 7.11 Å². The summed E-state index contributed by atoms with van der Waals surface area (Å²) in [4.78, 5) is 0. The molecule has 0 spiro atoms. The van der Waals surface area contributed by atoms with Crippen molar-refractivity contribution >= 4 is 0 Å². The minimum atomic E-state index is -0.585. The lowest BCUT2D eigenvalue weighted by atomic mass is 9.88. The summed E-state index contributed by atoms with van der Waals surface area (Å²) in [6.45, 7) is 3.96. The summed E-state index contributed by atoms with van der Waals surface area (Å²) >= 11 is 0. The highest BCUT2D eigenvalue weighted by Crippen LogP contribution is 2.58. The van der Waals surface area contributed by atoms with Gasteiger partial charge in [-0.25, -0.2) is 0 Å². The van der Waals surface area contributed by atoms with Crippen molar-refractivity contribution in [3.63, 3.8) is 0 Å². The predicted molar refractivity (Wildman–Crippen MR) is 48.0 cm³/mol. The third-order valence-electron chi connectivity index (χ3n) is 3.96. The average Bonchev–Trinajstić information content (AvgIpc) is 2.88. The number of epoxide rings is 1. The minimum absolute atomic E-state index is 0.0580. The molecule has 3 fully saturated rings. The van der Waals surface area contributed by atoms with Gasteiger partial charge in [-0.3, -0.25) is 0 Å². The van der Waals surface area contributed by atoms with Crippen LogP contribution in [0, 0.1) is 0 Å². The normalized spacial score (nSPS) is 65.1. The molecule has 0 aromatic heterocycles. The Kier molecular flexibility index (Phi) is 1.51. The molecule has 0 saturated carbocycles. The highest BCUT2D eigenvalue weighted by molar-refractivity contribution is 5.23. The standard InChI is InChI=1S/C10H16O4/c1-9-4-5(12-3)6(11)10(2,14-9)8-7(9)13-8/h5-8,11H,4H2,1-3H3/t5-,6+,7+,8-,9-,10+/m0/s1. The molecule has 0 amide bonds. The molecule has 14 heavy (non-hydrogen) atoms. The Balaban J connectivity index is 1.98. The molecule has 3 rings (SSSR count). The maximum atomic E-state index is 10.1. The van der Waals surface area contributed by atoms with Gasteiger partial charge in [0, 0.05) is 13.5 Å². The van der Waals surface area contributed by atoms with E-state index in [0.29, 0.717) is 6.42 Å². The topological polar surface area (TPSA) is 51.2 Å². The van der Waals surface area contributed by atoms with Crippen molar-refractivity contribution in [3.05, 3.63) is 0 Å². The summed E-state index contributed by atoms with van der Waals surface area (Å²) in [5.41, 5.74) is -0.836. The van der Waals surface area contributed by atoms with E-state index in [1.54, 1.807) is 7.11 Å². The molecule has 0 radical (unpaired) electrons. The van der Waals surface area contributed by atoms with Crippen molar-refractivity contribution in [2.24, 2.45) is 0 Å². The van der Waals surface area contributed by atoms with Gasteiger partial charge in [-0.15, -0.1) is 0 Å². The molecule has 1 N–H and O–H groups in total. The van der Waals surface area contributed by atoms with E-state index in [4.69, 9.17) is 14.2 Å². The third kappa shape index (κ3) is 0.834. The van der Waals surface area contributed by atoms with Crippen LogP contribution in [0.1, 0.15) is 20.3 Å². The highest BCUT2D eigenvalue weighted by atomic mass is 16.7. The van der Waals surface area contributed by atoms with Crippen LogP contribution in [-0.4, -0.2) is 47.8 Å². The quantitative estimate of drug-likeness (QED) is 0.609. The van der Waals surface area contributed by atoms with E-state index in [2.05, 4.69) is 0 Å². The fourth-order valence-electron chi connectivity index (χ4n) is 3.11. The fourth-order valence-corrected chi connectivity index (χ4v) is 3.11. The van der Waals surface area contributed by atoms with Crippen LogP contribution in [0.4, 0.5) is 0 Å². The number of fused-ring (bicyclic) bond motifs is 5. The maximum Gasteiger partial charge on any atom is 0.123 e. The van der Waals surface area contributed by atoms with E-state index >= 15 is 0 Å². The summed E-state index contributed by atoms with van der Waals surface area (Å²) in [5, 5.41) is 10.1. The maximum absolute atomic E-state index is 10.1. The van der Waals surface area contributed by atoms with Crippen molar-refractivity contribution < 1.29 is 19.3 Å². The van der Waals surface area contributed by atoms with Crippen LogP contribution in [0.3, 0.4) is 0 Å². The molecular weight excluding hydrogens is 184 g/mol. The van der Waals surface area contributed by atoms with E-state index in [1.165, 1.54) is 0 Å². The SMILES string of the molecule is CO[C@H]1C[C@]2(C)O[C@](C)([C@@H]1O)[C@H]1O[C@H]12. The minimum Gasteiger partial charge on any atom is -0.387 e. The van der Waals surface area contributed by atoms with Gasteiger partial charge in [0.05, 0.1) is 11.7 Å². The Hall–Kier alpha value is -0.160. The van der Waals surface area contributed by atoms with Crippen LogP contribution in [0.2, 0.25) is 0 Å². The summed E-state index contributed by atoms with van der Waals surface area (Å²) in [6, 6.07) is 0. The summed E-state index contributed by atoms with van der Waals surface area (Å²) in [7, 11) is 1.64. The lowest BCUT2D eigenvalue weighted by molar-refractivity contribution is -0.257. The average molecular weight is 200 g/mol. The highest BCUT2D eigenvalue weighted by Gasteiger charge is 2.75. The molecule has 3 saturated heterocycles. The molecule has 0 unspecified atom stereocenters. The van der Waals surface area contributed by atoms with Gasteiger partial charge < -0.3 is 19.3 Å². The van der Waals surface area contributed by atoms with Gasteiger partial charge in [0.25, 0.3) is 0 Å². The summed E-state index contributed by atoms with van der Waals surface area (Å²) in [5.74, 6) is 0. The lowest BCUT2D eigenvalue weighted by Gasteiger charge is -2.45. The largest absolute Gasteiger partial charge is 0.387 e. The number of methoxy groups -OCH3 is 1. The van der Waals surface area contributed by atoms with Crippen LogP contribution in [-0.2, 0) is 14.2 Å². The Morgan fingerprint density at radius 3 is 2.71 bits per heavy atom. The third-order valence-corrected chi connectivity index (χ3v) is 3.96. The number of ether oxygens (including phenoxy) is 3. The summed E-state index contributed by atoms with van der Waals surface area (Å²) in [6.07, 6.45) is 0.208. The monoisotopic (exact) mass is 200 g/mol. The fraction of sp³-hybridized carbons (Fsp3) is 1.00. The van der Waals surface area contributed by atoms with E-state index in [9.17, 15) is 5.11 Å². The summed E-state index contributed by atoms with van der Waals surface area (Å²) < 4.78 is 16.8. The molecule has 6 atom stereocenters. The molecule has 0 aliphatic carbocycles. The van der Waals surface area contributed by atoms with Crippen molar-refractivity contribution in [3.8, 4) is 0 Å². The van der Waals surface area contributed by atoms with E-state index in [-0.39, 0.29) is 23.9 Å². The van der Waals surface area contributed by atoms with E-state index in [1.807, 2.05) is 13.8 Å². The number of hydrogen-bond donors (Lipinski definition) is 1. The molecule has 0 aromatic carbocycles. The van der Waals surface area contributed by atoms with Crippen LogP contribution >= 0.6 is 0 Å². The smallest absolute Gasteiger partial charge is 0.123 e. The number of rotatable bonds is 1. The van der Waals surface area contributed by atoms with Gasteiger partial charge in [0.15, 0.2) is 0 Å². The van der Waals surface area contributed by atoms with Crippen LogP contribution < -0.4 is 0 Å². The number of aliphatic hydroxyl groups is 1. The Morgan fingerprint density at radius 2 is 2.07 bits per heavy atom. The Labute approximate surface area is 83.1 Å². The molecule has 3 aliphatic rings. The van der Waals surface area contributed by atoms with Crippen molar-refractivity contribution in [2.45, 2.75) is 55.9 Å². The molecule has 4 nitrogen and oxygen atoms in total. The van der Waals surface area contributed by atoms with Crippen LogP contribution in [0.5, 0.6) is 0 Å². The first-order valence-corrected chi connectivity index (χ1v) is 5.08. The lowest BCUT2D eigenvalue weighted by Crippen LogP contribution is -2.59. The Morgan fingerprint density at radius 1 is 1.36 bits per heavy atom. The first-order valence-electron chi connectivity index (χ1n) is 5.08. The number of aliphatic hydroxyl groups excluding tert-OH is 1. The molecule has 3 heterocycles. The zero-order valence-electron chi connectivity index (χ0n) is 8.69. The molecular formula is C10H16O4. The molecule has 4 heteroatoms. The van der Waals surface area contributed by atoms with E-state index in [0.717, 1.165) is 0 Å². The predicted octanol–water partition coefficient (Wildman–Crippen LogP) is 0.0810. The second-order valence-corrected chi connectivity index (χ2v) is 5.00. The first-order chi connectivity index (χ1) is 6.51. The number of hydrogen-bond acceptors (Lipinski definition) is 4.